The molecule has 4 aromatic carbocycles. The highest BCUT2D eigenvalue weighted by molar-refractivity contribution is 7.91. The van der Waals surface area contributed by atoms with Gasteiger partial charge in [-0.1, -0.05) is 66.7 Å². The second-order valence-corrected chi connectivity index (χ2v) is 12.8. The van der Waals surface area contributed by atoms with E-state index in [0.717, 1.165) is 10.0 Å². The maximum Gasteiger partial charge on any atom is 0.276 e. The molecule has 0 saturated heterocycles. The maximum atomic E-state index is 14.0. The average molecular weight is 587 g/mol. The maximum absolute atomic E-state index is 14.0. The van der Waals surface area contributed by atoms with Crippen molar-refractivity contribution in [1.82, 2.24) is 3.97 Å². The first kappa shape index (κ1) is 27.7. The van der Waals surface area contributed by atoms with Crippen molar-refractivity contribution in [2.24, 2.45) is 0 Å². The monoisotopic (exact) mass is 586 g/mol. The molecule has 206 valence electrons. The normalized spacial score (nSPS) is 12.1. The molecule has 0 radical (unpaired) electrons. The third-order valence-corrected chi connectivity index (χ3v) is 9.84. The first-order valence-corrected chi connectivity index (χ1v) is 15.4. The summed E-state index contributed by atoms with van der Waals surface area (Å²) in [6, 6.07) is 27.1. The molecule has 0 unspecified atom stereocenters. The van der Waals surface area contributed by atoms with Crippen LogP contribution in [0, 0.1) is 10.1 Å². The minimum Gasteiger partial charge on any atom is -0.289 e. The van der Waals surface area contributed by atoms with Crippen molar-refractivity contribution in [3.63, 3.8) is 0 Å². The number of allylic oxidation sites excluding steroid dienone is 1. The summed E-state index contributed by atoms with van der Waals surface area (Å²) in [6.45, 7) is 0. The first-order valence-electron chi connectivity index (χ1n) is 12.3. The van der Waals surface area contributed by atoms with Crippen LogP contribution in [-0.2, 0) is 25.6 Å². The van der Waals surface area contributed by atoms with Crippen LogP contribution in [-0.4, -0.2) is 31.5 Å². The molecule has 0 N–H and O–H groups in total. The fourth-order valence-corrected chi connectivity index (χ4v) is 7.61. The number of rotatable bonds is 9. The molecule has 0 atom stereocenters. The summed E-state index contributed by atoms with van der Waals surface area (Å²) in [5.41, 5.74) is -0.315. The van der Waals surface area contributed by atoms with Gasteiger partial charge in [-0.25, -0.2) is 20.8 Å². The van der Waals surface area contributed by atoms with E-state index < -0.39 is 36.3 Å². The smallest absolute Gasteiger partial charge is 0.276 e. The molecule has 11 heteroatoms. The SMILES string of the molecule is O=C(C=Cc1ccccc1[N+](=O)[O-])c1c(CS(=O)(=O)c2ccccc2)n(S(=O)(=O)c2ccccc2)c2ccccc12. The van der Waals surface area contributed by atoms with Crippen molar-refractivity contribution >= 4 is 48.3 Å². The summed E-state index contributed by atoms with van der Waals surface area (Å²) in [7, 11) is -8.48. The zero-order chi connectivity index (χ0) is 29.2. The number of fused-ring (bicyclic) bond motifs is 1. The van der Waals surface area contributed by atoms with Gasteiger partial charge in [-0.15, -0.1) is 0 Å². The lowest BCUT2D eigenvalue weighted by molar-refractivity contribution is -0.385. The predicted molar refractivity (Wildman–Crippen MR) is 155 cm³/mol. The van der Waals surface area contributed by atoms with Crippen molar-refractivity contribution in [3.8, 4) is 0 Å². The number of benzene rings is 4. The molecule has 5 rings (SSSR count). The van der Waals surface area contributed by atoms with Crippen molar-refractivity contribution < 1.29 is 26.6 Å². The van der Waals surface area contributed by atoms with Gasteiger partial charge in [-0.05, 0) is 48.6 Å². The summed E-state index contributed by atoms with van der Waals surface area (Å²) < 4.78 is 56.0. The Hall–Kier alpha value is -4.87. The number of nitro groups is 1. The average Bonchev–Trinajstić information content (AvgIpc) is 3.30. The summed E-state index contributed by atoms with van der Waals surface area (Å²) in [5.74, 6) is -1.50. The summed E-state index contributed by atoms with van der Waals surface area (Å²) in [6.07, 6.45) is 2.34. The highest BCUT2D eigenvalue weighted by Crippen LogP contribution is 2.34. The number of hydrogen-bond donors (Lipinski definition) is 0. The van der Waals surface area contributed by atoms with Gasteiger partial charge in [0.25, 0.3) is 15.7 Å². The third kappa shape index (κ3) is 5.32. The summed E-state index contributed by atoms with van der Waals surface area (Å²) in [5, 5.41) is 11.7. The molecule has 9 nitrogen and oxygen atoms in total. The van der Waals surface area contributed by atoms with Gasteiger partial charge in [0.05, 0.1) is 42.8 Å². The molecule has 0 amide bonds. The van der Waals surface area contributed by atoms with E-state index in [1.165, 1.54) is 60.7 Å². The van der Waals surface area contributed by atoms with Crippen LogP contribution in [0.1, 0.15) is 21.6 Å². The second-order valence-electron chi connectivity index (χ2n) is 9.01. The lowest BCUT2D eigenvalue weighted by Crippen LogP contribution is -2.19. The van der Waals surface area contributed by atoms with Crippen LogP contribution in [0.4, 0.5) is 5.69 Å². The Kier molecular flexibility index (Phi) is 7.40. The number of nitro benzene ring substituents is 1. The number of nitrogens with zero attached hydrogens (tertiary/aromatic N) is 2. The van der Waals surface area contributed by atoms with Crippen LogP contribution in [0.5, 0.6) is 0 Å². The molecule has 1 heterocycles. The van der Waals surface area contributed by atoms with Crippen LogP contribution in [0.25, 0.3) is 17.0 Å². The standard InChI is InChI=1S/C30H22N2O7S2/c33-29(20-19-22-11-7-9-17-26(22)32(34)35)30-25-16-8-10-18-27(25)31(41(38,39)24-14-5-2-6-15-24)28(30)21-40(36,37)23-12-3-1-4-13-23/h1-20H,21H2. The number of hydrogen-bond acceptors (Lipinski definition) is 7. The highest BCUT2D eigenvalue weighted by atomic mass is 32.2. The minimum absolute atomic E-state index is 0.0391. The summed E-state index contributed by atoms with van der Waals surface area (Å²) >= 11 is 0. The van der Waals surface area contributed by atoms with E-state index >= 15 is 0 Å². The van der Waals surface area contributed by atoms with Gasteiger partial charge < -0.3 is 0 Å². The third-order valence-electron chi connectivity index (χ3n) is 6.43. The Morgan fingerprint density at radius 3 is 1.98 bits per heavy atom. The molecule has 5 aromatic rings. The minimum atomic E-state index is -4.36. The lowest BCUT2D eigenvalue weighted by Gasteiger charge is -2.13. The fraction of sp³-hybridized carbons (Fsp3) is 0.0333. The molecule has 0 spiro atoms. The van der Waals surface area contributed by atoms with E-state index in [9.17, 15) is 31.7 Å². The van der Waals surface area contributed by atoms with Gasteiger partial charge in [0.2, 0.25) is 0 Å². The molecule has 0 bridgehead atoms. The highest BCUT2D eigenvalue weighted by Gasteiger charge is 2.32. The van der Waals surface area contributed by atoms with Crippen LogP contribution in [0.15, 0.2) is 125 Å². The largest absolute Gasteiger partial charge is 0.289 e. The molecule has 0 saturated carbocycles. The molecule has 0 aliphatic rings. The van der Waals surface area contributed by atoms with Gasteiger partial charge in [0.1, 0.15) is 0 Å². The van der Waals surface area contributed by atoms with E-state index in [4.69, 9.17) is 0 Å². The van der Waals surface area contributed by atoms with Crippen molar-refractivity contribution in [1.29, 1.82) is 0 Å². The summed E-state index contributed by atoms with van der Waals surface area (Å²) in [4.78, 5) is 24.5. The van der Waals surface area contributed by atoms with Gasteiger partial charge in [0, 0.05) is 11.5 Å². The first-order chi connectivity index (χ1) is 19.6. The molecular weight excluding hydrogens is 564 g/mol. The number of aromatic nitrogens is 1. The van der Waals surface area contributed by atoms with Gasteiger partial charge >= 0.3 is 0 Å². The number of para-hydroxylation sites is 2. The quantitative estimate of drug-likeness (QED) is 0.0942. The number of carbonyl (C=O) groups excluding carboxylic acids is 1. The Bertz CT molecular complexity index is 2030. The van der Waals surface area contributed by atoms with Crippen LogP contribution < -0.4 is 0 Å². The second kappa shape index (κ2) is 11.0. The van der Waals surface area contributed by atoms with Crippen molar-refractivity contribution in [2.45, 2.75) is 15.5 Å². The van der Waals surface area contributed by atoms with Gasteiger partial charge in [-0.2, -0.15) is 0 Å². The molecule has 0 aliphatic carbocycles. The van der Waals surface area contributed by atoms with E-state index in [-0.39, 0.29) is 43.2 Å². The van der Waals surface area contributed by atoms with Crippen LogP contribution in [0.2, 0.25) is 0 Å². The molecule has 0 aliphatic heterocycles. The van der Waals surface area contributed by atoms with Gasteiger partial charge in [0.15, 0.2) is 15.6 Å². The number of sulfone groups is 1. The van der Waals surface area contributed by atoms with Crippen LogP contribution >= 0.6 is 0 Å². The zero-order valence-corrected chi connectivity index (χ0v) is 23.0. The molecular formula is C30H22N2O7S2. The van der Waals surface area contributed by atoms with Crippen LogP contribution in [0.3, 0.4) is 0 Å². The zero-order valence-electron chi connectivity index (χ0n) is 21.3. The molecule has 0 fully saturated rings. The lowest BCUT2D eigenvalue weighted by atomic mass is 10.0. The van der Waals surface area contributed by atoms with Crippen molar-refractivity contribution in [2.75, 3.05) is 0 Å². The van der Waals surface area contributed by atoms with E-state index in [1.54, 1.807) is 54.6 Å². The van der Waals surface area contributed by atoms with E-state index in [0.29, 0.717) is 0 Å². The fourth-order valence-electron chi connectivity index (χ4n) is 4.58. The Balaban J connectivity index is 1.77. The Morgan fingerprint density at radius 2 is 1.32 bits per heavy atom. The topological polar surface area (TPSA) is 133 Å². The van der Waals surface area contributed by atoms with E-state index in [1.807, 2.05) is 0 Å². The number of carbonyl (C=O) groups is 1. The van der Waals surface area contributed by atoms with Crippen molar-refractivity contribution in [3.05, 3.63) is 142 Å². The molecule has 41 heavy (non-hydrogen) atoms. The predicted octanol–water partition coefficient (Wildman–Crippen LogP) is 5.66. The Morgan fingerprint density at radius 1 is 0.756 bits per heavy atom. The van der Waals surface area contributed by atoms with Gasteiger partial charge in [-0.3, -0.25) is 14.9 Å². The number of ketones is 1. The molecule has 1 aromatic heterocycles. The Labute approximate surface area is 236 Å². The van der Waals surface area contributed by atoms with E-state index in [2.05, 4.69) is 0 Å².